The molecule has 0 saturated carbocycles. The normalized spacial score (nSPS) is 31.1. The van der Waals surface area contributed by atoms with Crippen LogP contribution in [0.3, 0.4) is 0 Å². The van der Waals surface area contributed by atoms with Gasteiger partial charge in [-0.3, -0.25) is 0 Å². The number of hydrogen-bond donors (Lipinski definition) is 5. The second-order valence-electron chi connectivity index (χ2n) is 15.0. The highest BCUT2D eigenvalue weighted by Gasteiger charge is 2.49. The number of fused-ring (bicyclic) bond motifs is 4. The van der Waals surface area contributed by atoms with Crippen LogP contribution in [0, 0.1) is 17.3 Å². The maximum Gasteiger partial charge on any atom is 0.335 e. The molecule has 3 aliphatic rings. The molecule has 0 radical (unpaired) electrons. The average Bonchev–Trinajstić information content (AvgIpc) is 3.07. The van der Waals surface area contributed by atoms with Crippen molar-refractivity contribution in [2.45, 2.75) is 128 Å². The van der Waals surface area contributed by atoms with E-state index in [0.717, 1.165) is 5.57 Å². The highest BCUT2D eigenvalue weighted by atomic mass is 16.6. The van der Waals surface area contributed by atoms with Gasteiger partial charge in [-0.25, -0.2) is 9.59 Å². The van der Waals surface area contributed by atoms with E-state index in [-0.39, 0.29) is 32.0 Å². The van der Waals surface area contributed by atoms with Crippen LogP contribution < -0.4 is 0 Å². The van der Waals surface area contributed by atoms with Crippen LogP contribution in [-0.2, 0) is 28.5 Å². The van der Waals surface area contributed by atoms with Gasteiger partial charge in [-0.1, -0.05) is 101 Å². The number of rotatable bonds is 11. The van der Waals surface area contributed by atoms with Crippen LogP contribution in [0.25, 0.3) is 0 Å². The second-order valence-corrected chi connectivity index (χ2v) is 15.0. The molecule has 0 amide bonds. The third-order valence-corrected chi connectivity index (χ3v) is 9.98. The van der Waals surface area contributed by atoms with Crippen molar-refractivity contribution >= 4 is 11.9 Å². The number of aliphatic hydroxyl groups is 5. The Hall–Kier alpha value is -3.16. The van der Waals surface area contributed by atoms with E-state index in [1.807, 2.05) is 51.2 Å². The predicted molar refractivity (Wildman–Crippen MR) is 197 cm³/mol. The molecule has 0 aromatic heterocycles. The Morgan fingerprint density at radius 2 is 1.85 bits per heavy atom. The number of aliphatic hydroxyl groups excluding tert-OH is 3. The quantitative estimate of drug-likeness (QED) is 0.114. The van der Waals surface area contributed by atoms with Gasteiger partial charge in [0.2, 0.25) is 0 Å². The molecule has 3 rings (SSSR count). The predicted octanol–water partition coefficient (Wildman–Crippen LogP) is 4.70. The van der Waals surface area contributed by atoms with Crippen molar-refractivity contribution in [3.05, 3.63) is 84.6 Å². The summed E-state index contributed by atoms with van der Waals surface area (Å²) in [6, 6.07) is 0. The summed E-state index contributed by atoms with van der Waals surface area (Å²) in [5, 5.41) is 52.4. The van der Waals surface area contributed by atoms with E-state index in [1.54, 1.807) is 44.2 Å². The maximum atomic E-state index is 13.0. The van der Waals surface area contributed by atoms with Gasteiger partial charge in [0.15, 0.2) is 11.9 Å². The Bertz CT molecular complexity index is 1370. The number of carbonyl (C=O) groups excluding carboxylic acids is 2. The summed E-state index contributed by atoms with van der Waals surface area (Å²) in [5.74, 6) is -3.57. The van der Waals surface area contributed by atoms with Crippen molar-refractivity contribution in [2.75, 3.05) is 13.2 Å². The molecule has 9 atom stereocenters. The van der Waals surface area contributed by atoms with Crippen LogP contribution in [0.1, 0.15) is 79.6 Å². The standard InChI is InChI=1S/C41H60O11/c1-27(2)21-34(44)29(4)25-49-39(46)33(43)18-13-14-19-36-40(6,26-42)37-23-31(51-36)16-10-7-9-15-28(3)22-35-30(5)41(47,48)24-32(50-35)17-11-8-12-20-38(45)52-37/h8-16,20,22,27,30-37,42-44,47-48H,4,7,17-19,21,23-26H2,1-3,5-6H3/t30-,31+,32-,33?,34?,35+,36-,37+,40-/m0/s1. The Morgan fingerprint density at radius 3 is 2.56 bits per heavy atom. The van der Waals surface area contributed by atoms with Crippen LogP contribution in [-0.4, -0.2) is 99.2 Å². The minimum Gasteiger partial charge on any atom is -0.459 e. The van der Waals surface area contributed by atoms with E-state index in [0.29, 0.717) is 37.7 Å². The first-order valence-corrected chi connectivity index (χ1v) is 18.3. The van der Waals surface area contributed by atoms with Gasteiger partial charge >= 0.3 is 11.9 Å². The first kappa shape index (κ1) is 43.2. The summed E-state index contributed by atoms with van der Waals surface area (Å²) >= 11 is 0. The highest BCUT2D eigenvalue weighted by Crippen LogP contribution is 2.41. The first-order valence-electron chi connectivity index (χ1n) is 18.3. The number of ether oxygens (including phenoxy) is 4. The number of allylic oxidation sites excluding steroid dienone is 6. The lowest BCUT2D eigenvalue weighted by molar-refractivity contribution is -0.270. The van der Waals surface area contributed by atoms with E-state index >= 15 is 0 Å². The third kappa shape index (κ3) is 13.1. The zero-order chi connectivity index (χ0) is 38.5. The lowest BCUT2D eigenvalue weighted by Crippen LogP contribution is -2.55. The van der Waals surface area contributed by atoms with E-state index in [9.17, 15) is 35.1 Å². The summed E-state index contributed by atoms with van der Waals surface area (Å²) in [5.41, 5.74) is 0.325. The van der Waals surface area contributed by atoms with Crippen LogP contribution in [0.2, 0.25) is 0 Å². The summed E-state index contributed by atoms with van der Waals surface area (Å²) in [4.78, 5) is 25.3. The Balaban J connectivity index is 1.72. The Labute approximate surface area is 308 Å². The highest BCUT2D eigenvalue weighted by molar-refractivity contribution is 5.82. The molecule has 0 spiro atoms. The van der Waals surface area contributed by atoms with Gasteiger partial charge in [0, 0.05) is 31.3 Å². The van der Waals surface area contributed by atoms with Crippen LogP contribution in [0.4, 0.5) is 0 Å². The van der Waals surface area contributed by atoms with Crippen molar-refractivity contribution in [1.29, 1.82) is 0 Å². The van der Waals surface area contributed by atoms with Crippen molar-refractivity contribution in [1.82, 2.24) is 0 Å². The summed E-state index contributed by atoms with van der Waals surface area (Å²) < 4.78 is 23.7. The second kappa shape index (κ2) is 20.3. The van der Waals surface area contributed by atoms with Crippen LogP contribution >= 0.6 is 0 Å². The molecule has 2 fully saturated rings. The molecule has 2 saturated heterocycles. The average molecular weight is 729 g/mol. The van der Waals surface area contributed by atoms with Gasteiger partial charge in [0.25, 0.3) is 0 Å². The molecular weight excluding hydrogens is 668 g/mol. The molecular formula is C41H60O11. The Kier molecular flexibility index (Phi) is 16.9. The maximum absolute atomic E-state index is 13.0. The molecule has 0 aromatic rings. The SMILES string of the molecule is C=C(COC(=O)C(O)CC=CC[C@@H]1O[C@@H]2C=CCC=CC(C)=C[C@H]3O[C@@H](CC=CC=CC(=O)O[C@H](C2)[C@@]1(C)CO)CC(O)(O)[C@H]3C)C(O)CC(C)C. The molecule has 290 valence electrons. The molecule has 5 N–H and O–H groups in total. The van der Waals surface area contributed by atoms with E-state index < -0.39 is 71.8 Å². The van der Waals surface area contributed by atoms with Gasteiger partial charge in [-0.05, 0) is 44.1 Å². The summed E-state index contributed by atoms with van der Waals surface area (Å²) in [6.45, 7) is 12.7. The molecule has 3 aliphatic heterocycles. The van der Waals surface area contributed by atoms with Gasteiger partial charge in [-0.15, -0.1) is 0 Å². The minimum absolute atomic E-state index is 0.0178. The number of esters is 2. The fourth-order valence-corrected chi connectivity index (χ4v) is 6.45. The lowest BCUT2D eigenvalue weighted by Gasteiger charge is -2.47. The molecule has 11 heteroatoms. The molecule has 2 unspecified atom stereocenters. The zero-order valence-corrected chi connectivity index (χ0v) is 31.3. The van der Waals surface area contributed by atoms with Crippen LogP contribution in [0.5, 0.6) is 0 Å². The van der Waals surface area contributed by atoms with Gasteiger partial charge < -0.3 is 44.5 Å². The summed E-state index contributed by atoms with van der Waals surface area (Å²) in [7, 11) is 0. The molecule has 11 nitrogen and oxygen atoms in total. The fraction of sp³-hybridized carbons (Fsp3) is 0.610. The topological polar surface area (TPSA) is 172 Å². The molecule has 0 aliphatic carbocycles. The minimum atomic E-state index is -1.88. The van der Waals surface area contributed by atoms with E-state index in [1.165, 1.54) is 6.08 Å². The molecule has 3 heterocycles. The van der Waals surface area contributed by atoms with Gasteiger partial charge in [-0.2, -0.15) is 0 Å². The smallest absolute Gasteiger partial charge is 0.335 e. The Morgan fingerprint density at radius 1 is 1.10 bits per heavy atom. The van der Waals surface area contributed by atoms with Crippen molar-refractivity contribution in [3.63, 3.8) is 0 Å². The fourth-order valence-electron chi connectivity index (χ4n) is 6.45. The van der Waals surface area contributed by atoms with E-state index in [2.05, 4.69) is 6.58 Å². The van der Waals surface area contributed by atoms with Gasteiger partial charge in [0.05, 0.1) is 42.5 Å². The number of carbonyl (C=O) groups is 2. The molecule has 4 bridgehead atoms. The zero-order valence-electron chi connectivity index (χ0n) is 31.3. The lowest BCUT2D eigenvalue weighted by atomic mass is 9.73. The van der Waals surface area contributed by atoms with Crippen LogP contribution in [0.15, 0.2) is 84.6 Å². The van der Waals surface area contributed by atoms with E-state index in [4.69, 9.17) is 18.9 Å². The van der Waals surface area contributed by atoms with Crippen molar-refractivity contribution in [3.8, 4) is 0 Å². The first-order chi connectivity index (χ1) is 24.5. The molecule has 0 aromatic carbocycles. The largest absolute Gasteiger partial charge is 0.459 e. The number of hydrogen-bond acceptors (Lipinski definition) is 11. The third-order valence-electron chi connectivity index (χ3n) is 9.98. The van der Waals surface area contributed by atoms with Crippen molar-refractivity contribution < 1.29 is 54.1 Å². The van der Waals surface area contributed by atoms with Gasteiger partial charge in [0.1, 0.15) is 12.7 Å². The monoisotopic (exact) mass is 728 g/mol. The molecule has 52 heavy (non-hydrogen) atoms. The van der Waals surface area contributed by atoms with Crippen molar-refractivity contribution in [2.24, 2.45) is 17.3 Å². The summed E-state index contributed by atoms with van der Waals surface area (Å²) in [6.07, 6.45) is 16.8.